The number of hydrogen-bond acceptors (Lipinski definition) is 4. The molecule has 0 radical (unpaired) electrons. The van der Waals surface area contributed by atoms with Gasteiger partial charge in [0.2, 0.25) is 0 Å². The number of esters is 1. The molecule has 0 aliphatic carbocycles. The minimum atomic E-state index is -0.819. The quantitative estimate of drug-likeness (QED) is 0.783. The molecule has 1 aromatic rings. The molecule has 0 saturated heterocycles. The van der Waals surface area contributed by atoms with Gasteiger partial charge in [-0.25, -0.2) is 4.79 Å². The Balaban J connectivity index is 2.98. The molecule has 4 nitrogen and oxygen atoms in total. The molecule has 1 unspecified atom stereocenters. The average Bonchev–Trinajstić information content (AvgIpc) is 2.45. The van der Waals surface area contributed by atoms with Crippen LogP contribution in [0.4, 0.5) is 0 Å². The van der Waals surface area contributed by atoms with Gasteiger partial charge in [0, 0.05) is 13.1 Å². The molecule has 0 aromatic heterocycles. The van der Waals surface area contributed by atoms with Crippen molar-refractivity contribution in [2.75, 3.05) is 34.3 Å². The van der Waals surface area contributed by atoms with Crippen molar-refractivity contribution in [3.8, 4) is 0 Å². The van der Waals surface area contributed by atoms with Gasteiger partial charge in [0.05, 0.1) is 7.11 Å². The predicted molar refractivity (Wildman–Crippen MR) is 86.5 cm³/mol. The second-order valence-corrected chi connectivity index (χ2v) is 6.12. The highest BCUT2D eigenvalue weighted by Gasteiger charge is 2.35. The number of ether oxygens (including phenoxy) is 1. The van der Waals surface area contributed by atoms with E-state index in [-0.39, 0.29) is 5.97 Å². The summed E-state index contributed by atoms with van der Waals surface area (Å²) in [7, 11) is 5.44. The van der Waals surface area contributed by atoms with Crippen LogP contribution in [0, 0.1) is 0 Å². The molecule has 0 bridgehead atoms. The molecule has 1 N–H and O–H groups in total. The lowest BCUT2D eigenvalue weighted by Gasteiger charge is -2.29. The van der Waals surface area contributed by atoms with E-state index >= 15 is 0 Å². The summed E-state index contributed by atoms with van der Waals surface area (Å²) in [5.74, 6) is 0.212. The summed E-state index contributed by atoms with van der Waals surface area (Å²) < 4.78 is 4.99. The van der Waals surface area contributed by atoms with E-state index in [0.717, 1.165) is 12.1 Å². The Morgan fingerprint density at radius 2 is 1.86 bits per heavy atom. The molecule has 1 rings (SSSR count). The van der Waals surface area contributed by atoms with Crippen molar-refractivity contribution in [1.82, 2.24) is 10.2 Å². The summed E-state index contributed by atoms with van der Waals surface area (Å²) in [5, 5.41) is 3.33. The second kappa shape index (κ2) is 7.57. The van der Waals surface area contributed by atoms with Crippen molar-refractivity contribution >= 4 is 5.97 Å². The van der Waals surface area contributed by atoms with E-state index in [1.54, 1.807) is 0 Å². The first-order valence-electron chi connectivity index (χ1n) is 7.40. The fraction of sp³-hybridized carbons (Fsp3) is 0.588. The molecule has 0 saturated carbocycles. The number of benzene rings is 1. The molecule has 4 heteroatoms. The van der Waals surface area contributed by atoms with Crippen LogP contribution >= 0.6 is 0 Å². The van der Waals surface area contributed by atoms with E-state index in [2.05, 4.69) is 36.2 Å². The van der Waals surface area contributed by atoms with E-state index in [0.29, 0.717) is 12.5 Å². The summed E-state index contributed by atoms with van der Waals surface area (Å²) in [4.78, 5) is 14.3. The SMILES string of the molecule is COC(=O)C(C)(NCCN(C)C)c1ccc(C(C)C)cc1. The Morgan fingerprint density at radius 1 is 1.29 bits per heavy atom. The van der Waals surface area contributed by atoms with Crippen LogP contribution in [-0.4, -0.2) is 45.2 Å². The Hall–Kier alpha value is -1.39. The van der Waals surface area contributed by atoms with E-state index in [9.17, 15) is 4.79 Å². The highest BCUT2D eigenvalue weighted by atomic mass is 16.5. The number of hydrogen-bond donors (Lipinski definition) is 1. The highest BCUT2D eigenvalue weighted by Crippen LogP contribution is 2.24. The third-order valence-corrected chi connectivity index (χ3v) is 3.79. The molecule has 1 atom stereocenters. The van der Waals surface area contributed by atoms with Crippen LogP contribution < -0.4 is 5.32 Å². The minimum Gasteiger partial charge on any atom is -0.467 e. The molecular formula is C17H28N2O2. The molecule has 0 aliphatic heterocycles. The molecule has 0 aliphatic rings. The van der Waals surface area contributed by atoms with Crippen LogP contribution in [0.2, 0.25) is 0 Å². The van der Waals surface area contributed by atoms with Gasteiger partial charge in [0.1, 0.15) is 5.54 Å². The monoisotopic (exact) mass is 292 g/mol. The number of likely N-dealkylation sites (N-methyl/N-ethyl adjacent to an activating group) is 1. The summed E-state index contributed by atoms with van der Waals surface area (Å²) in [6.45, 7) is 7.76. The van der Waals surface area contributed by atoms with Gasteiger partial charge in [0.25, 0.3) is 0 Å². The third-order valence-electron chi connectivity index (χ3n) is 3.79. The summed E-state index contributed by atoms with van der Waals surface area (Å²) >= 11 is 0. The van der Waals surface area contributed by atoms with Gasteiger partial charge < -0.3 is 9.64 Å². The van der Waals surface area contributed by atoms with Crippen molar-refractivity contribution in [2.24, 2.45) is 0 Å². The van der Waals surface area contributed by atoms with Gasteiger partial charge in [0.15, 0.2) is 0 Å². The van der Waals surface area contributed by atoms with E-state index in [4.69, 9.17) is 4.74 Å². The zero-order chi connectivity index (χ0) is 16.0. The number of carbonyl (C=O) groups excluding carboxylic acids is 1. The number of rotatable bonds is 7. The van der Waals surface area contributed by atoms with Gasteiger partial charge in [-0.1, -0.05) is 38.1 Å². The number of nitrogens with one attached hydrogen (secondary N) is 1. The lowest BCUT2D eigenvalue weighted by molar-refractivity contribution is -0.148. The first kappa shape index (κ1) is 17.7. The Labute approximate surface area is 128 Å². The van der Waals surface area contributed by atoms with Gasteiger partial charge in [-0.2, -0.15) is 0 Å². The van der Waals surface area contributed by atoms with Crippen LogP contribution in [0.25, 0.3) is 0 Å². The minimum absolute atomic E-state index is 0.265. The van der Waals surface area contributed by atoms with Crippen molar-refractivity contribution < 1.29 is 9.53 Å². The summed E-state index contributed by atoms with van der Waals surface area (Å²) in [6, 6.07) is 8.17. The van der Waals surface area contributed by atoms with E-state index in [1.807, 2.05) is 33.2 Å². The molecule has 0 heterocycles. The molecule has 118 valence electrons. The number of methoxy groups -OCH3 is 1. The lowest BCUT2D eigenvalue weighted by Crippen LogP contribution is -2.49. The number of carbonyl (C=O) groups is 1. The topological polar surface area (TPSA) is 41.6 Å². The number of nitrogens with zero attached hydrogens (tertiary/aromatic N) is 1. The standard InChI is InChI=1S/C17H28N2O2/c1-13(2)14-7-9-15(10-8-14)17(3,16(20)21-6)18-11-12-19(4)5/h7-10,13,18H,11-12H2,1-6H3. The maximum Gasteiger partial charge on any atom is 0.330 e. The van der Waals surface area contributed by atoms with Crippen molar-refractivity contribution in [3.63, 3.8) is 0 Å². The molecule has 21 heavy (non-hydrogen) atoms. The molecule has 1 aromatic carbocycles. The molecular weight excluding hydrogens is 264 g/mol. The molecule has 0 fully saturated rings. The van der Waals surface area contributed by atoms with Gasteiger partial charge in [-0.3, -0.25) is 5.32 Å². The highest BCUT2D eigenvalue weighted by molar-refractivity contribution is 5.82. The van der Waals surface area contributed by atoms with Crippen LogP contribution in [-0.2, 0) is 15.1 Å². The van der Waals surface area contributed by atoms with Crippen LogP contribution in [0.15, 0.2) is 24.3 Å². The average molecular weight is 292 g/mol. The Morgan fingerprint density at radius 3 is 2.29 bits per heavy atom. The van der Waals surface area contributed by atoms with Crippen LogP contribution in [0.3, 0.4) is 0 Å². The van der Waals surface area contributed by atoms with Gasteiger partial charge >= 0.3 is 5.97 Å². The Bertz CT molecular complexity index is 454. The third kappa shape index (κ3) is 4.55. The van der Waals surface area contributed by atoms with Gasteiger partial charge in [-0.15, -0.1) is 0 Å². The van der Waals surface area contributed by atoms with Crippen molar-refractivity contribution in [2.45, 2.75) is 32.2 Å². The van der Waals surface area contributed by atoms with Crippen LogP contribution in [0.1, 0.15) is 37.8 Å². The summed E-state index contributed by atoms with van der Waals surface area (Å²) in [5.41, 5.74) is 1.37. The maximum absolute atomic E-state index is 12.2. The smallest absolute Gasteiger partial charge is 0.330 e. The fourth-order valence-electron chi connectivity index (χ4n) is 2.23. The normalized spacial score (nSPS) is 14.3. The Kier molecular flexibility index (Phi) is 6.37. The lowest BCUT2D eigenvalue weighted by atomic mass is 9.90. The largest absolute Gasteiger partial charge is 0.467 e. The zero-order valence-electron chi connectivity index (χ0n) is 14.1. The van der Waals surface area contributed by atoms with Gasteiger partial charge in [-0.05, 0) is 38.1 Å². The van der Waals surface area contributed by atoms with E-state index in [1.165, 1.54) is 12.7 Å². The fourth-order valence-corrected chi connectivity index (χ4v) is 2.23. The van der Waals surface area contributed by atoms with Crippen LogP contribution in [0.5, 0.6) is 0 Å². The first-order chi connectivity index (χ1) is 9.81. The summed E-state index contributed by atoms with van der Waals surface area (Å²) in [6.07, 6.45) is 0. The molecule has 0 amide bonds. The first-order valence-corrected chi connectivity index (χ1v) is 7.40. The maximum atomic E-state index is 12.2. The van der Waals surface area contributed by atoms with E-state index < -0.39 is 5.54 Å². The molecule has 0 spiro atoms. The predicted octanol–water partition coefficient (Wildman–Crippen LogP) is 2.35. The van der Waals surface area contributed by atoms with Crippen molar-refractivity contribution in [3.05, 3.63) is 35.4 Å². The van der Waals surface area contributed by atoms with Crippen molar-refractivity contribution in [1.29, 1.82) is 0 Å². The second-order valence-electron chi connectivity index (χ2n) is 6.12. The zero-order valence-corrected chi connectivity index (χ0v) is 14.1.